The predicted molar refractivity (Wildman–Crippen MR) is 64.8 cm³/mol. The number of aliphatic hydroxyl groups excluding tert-OH is 2. The van der Waals surface area contributed by atoms with Gasteiger partial charge in [-0.15, -0.1) is 0 Å². The molecule has 5 N–H and O–H groups in total. The number of hydrogen-bond donors (Lipinski definition) is 4. The number of alkyl halides is 1. The summed E-state index contributed by atoms with van der Waals surface area (Å²) in [6, 6.07) is 0. The molecule has 20 heavy (non-hydrogen) atoms. The number of nitrogens with zero attached hydrogens (tertiary/aromatic N) is 2. The first-order valence-corrected chi connectivity index (χ1v) is 6.62. The molecule has 0 aromatic rings. The predicted octanol–water partition coefficient (Wildman–Crippen LogP) is -1.60. The summed E-state index contributed by atoms with van der Waals surface area (Å²) in [4.78, 5) is 4.86. The van der Waals surface area contributed by atoms with Crippen molar-refractivity contribution in [3.05, 3.63) is 12.3 Å². The normalized spacial score (nSPS) is 53.8. The Hall–Kier alpha value is -1.22. The zero-order chi connectivity index (χ0) is 14.3. The molecule has 0 bridgehead atoms. The van der Waals surface area contributed by atoms with Crippen LogP contribution in [0.4, 0.5) is 4.39 Å². The van der Waals surface area contributed by atoms with E-state index < -0.39 is 36.1 Å². The molecule has 110 valence electrons. The van der Waals surface area contributed by atoms with Crippen LogP contribution in [0.5, 0.6) is 0 Å². The lowest BCUT2D eigenvalue weighted by Gasteiger charge is -2.34. The average molecular weight is 285 g/mol. The van der Waals surface area contributed by atoms with Gasteiger partial charge in [-0.2, -0.15) is 0 Å². The molecule has 3 fully saturated rings. The van der Waals surface area contributed by atoms with Gasteiger partial charge >= 0.3 is 0 Å². The summed E-state index contributed by atoms with van der Waals surface area (Å²) in [5, 5.41) is 30.1. The standard InChI is InChI=1S/C12H16FN3O4/c13-7-8(16-4-3-6(14)15-10(16)18)20-12(5-1-2-5)9(17)11(7,12)19/h3-5,7-10,17-19H,1-2H2,(H2,14,15)/t7-,8+,9?,10?,11-,12+/m0/s1. The maximum Gasteiger partial charge on any atom is 0.229 e. The second-order valence-electron chi connectivity index (χ2n) is 5.87. The highest BCUT2D eigenvalue weighted by Gasteiger charge is 2.91. The first-order valence-electron chi connectivity index (χ1n) is 6.62. The Bertz CT molecular complexity index is 525. The van der Waals surface area contributed by atoms with Crippen molar-refractivity contribution in [3.8, 4) is 0 Å². The van der Waals surface area contributed by atoms with Gasteiger partial charge in [-0.3, -0.25) is 0 Å². The number of aliphatic hydroxyl groups is 3. The molecule has 8 heteroatoms. The summed E-state index contributed by atoms with van der Waals surface area (Å²) in [6.07, 6.45) is -1.21. The smallest absolute Gasteiger partial charge is 0.229 e. The van der Waals surface area contributed by atoms with E-state index in [0.29, 0.717) is 0 Å². The lowest BCUT2D eigenvalue weighted by atomic mass is 10.1. The molecule has 0 spiro atoms. The van der Waals surface area contributed by atoms with Gasteiger partial charge in [0, 0.05) is 6.20 Å². The third-order valence-corrected chi connectivity index (χ3v) is 4.78. The number of fused-ring (bicyclic) bond motifs is 1. The monoisotopic (exact) mass is 285 g/mol. The van der Waals surface area contributed by atoms with Gasteiger partial charge in [-0.1, -0.05) is 0 Å². The van der Waals surface area contributed by atoms with Crippen molar-refractivity contribution >= 4 is 5.84 Å². The zero-order valence-corrected chi connectivity index (χ0v) is 10.6. The minimum absolute atomic E-state index is 0.0368. The van der Waals surface area contributed by atoms with Gasteiger partial charge in [0.05, 0.1) is 0 Å². The van der Waals surface area contributed by atoms with Gasteiger partial charge in [-0.25, -0.2) is 9.38 Å². The quantitative estimate of drug-likeness (QED) is 0.486. The Morgan fingerprint density at radius 3 is 2.75 bits per heavy atom. The summed E-state index contributed by atoms with van der Waals surface area (Å²) in [5.41, 5.74) is 2.31. The van der Waals surface area contributed by atoms with Crippen molar-refractivity contribution in [2.75, 3.05) is 0 Å². The van der Waals surface area contributed by atoms with Crippen LogP contribution in [0.2, 0.25) is 0 Å². The Kier molecular flexibility index (Phi) is 2.19. The highest BCUT2D eigenvalue weighted by Crippen LogP contribution is 2.69. The van der Waals surface area contributed by atoms with Crippen LogP contribution < -0.4 is 5.73 Å². The van der Waals surface area contributed by atoms with Crippen LogP contribution in [-0.2, 0) is 4.74 Å². The molecule has 0 amide bonds. The third-order valence-electron chi connectivity index (χ3n) is 4.78. The number of rotatable bonds is 2. The fourth-order valence-corrected chi connectivity index (χ4v) is 3.53. The van der Waals surface area contributed by atoms with Crippen molar-refractivity contribution in [3.63, 3.8) is 0 Å². The van der Waals surface area contributed by atoms with Crippen LogP contribution >= 0.6 is 0 Å². The van der Waals surface area contributed by atoms with Crippen molar-refractivity contribution in [1.29, 1.82) is 0 Å². The molecule has 4 aliphatic rings. The first-order chi connectivity index (χ1) is 9.43. The van der Waals surface area contributed by atoms with Gasteiger partial charge in [0.25, 0.3) is 0 Å². The van der Waals surface area contributed by atoms with E-state index in [2.05, 4.69) is 4.99 Å². The second kappa shape index (κ2) is 3.51. The summed E-state index contributed by atoms with van der Waals surface area (Å²) in [7, 11) is 0. The topological polar surface area (TPSA) is 112 Å². The molecule has 4 rings (SSSR count). The lowest BCUT2D eigenvalue weighted by Crippen LogP contribution is -2.49. The van der Waals surface area contributed by atoms with E-state index in [1.165, 1.54) is 12.3 Å². The van der Waals surface area contributed by atoms with Crippen LogP contribution in [0.1, 0.15) is 12.8 Å². The minimum atomic E-state index is -1.89. The average Bonchev–Trinajstić information content (AvgIpc) is 3.28. The highest BCUT2D eigenvalue weighted by atomic mass is 19.1. The molecule has 7 nitrogen and oxygen atoms in total. The van der Waals surface area contributed by atoms with Gasteiger partial charge in [0.1, 0.15) is 17.5 Å². The summed E-state index contributed by atoms with van der Waals surface area (Å²) in [5.74, 6) is 0.0909. The fourth-order valence-electron chi connectivity index (χ4n) is 3.53. The molecule has 2 aliphatic heterocycles. The van der Waals surface area contributed by atoms with E-state index in [9.17, 15) is 19.7 Å². The van der Waals surface area contributed by atoms with E-state index in [-0.39, 0.29) is 11.8 Å². The van der Waals surface area contributed by atoms with E-state index in [1.807, 2.05) is 0 Å². The van der Waals surface area contributed by atoms with E-state index in [1.54, 1.807) is 0 Å². The van der Waals surface area contributed by atoms with Gasteiger partial charge in [0.2, 0.25) is 6.35 Å². The second-order valence-corrected chi connectivity index (χ2v) is 5.87. The van der Waals surface area contributed by atoms with Crippen molar-refractivity contribution in [1.82, 2.24) is 4.90 Å². The third kappa shape index (κ3) is 1.21. The Morgan fingerprint density at radius 2 is 2.15 bits per heavy atom. The van der Waals surface area contributed by atoms with Gasteiger partial charge in [-0.05, 0) is 24.8 Å². The SMILES string of the molecule is NC1=NC(O)N([C@@H]2O[C@]3(C4CC4)C(O)[C@@]3(O)[C@H]2F)C=C1. The molecular formula is C12H16FN3O4. The lowest BCUT2D eigenvalue weighted by molar-refractivity contribution is -0.157. The molecule has 6 atom stereocenters. The number of hydrogen-bond acceptors (Lipinski definition) is 7. The van der Waals surface area contributed by atoms with Crippen LogP contribution in [0.25, 0.3) is 0 Å². The van der Waals surface area contributed by atoms with Crippen LogP contribution in [-0.4, -0.2) is 62.1 Å². The van der Waals surface area contributed by atoms with Crippen LogP contribution in [0.15, 0.2) is 17.3 Å². The summed E-state index contributed by atoms with van der Waals surface area (Å²) < 4.78 is 20.2. The highest BCUT2D eigenvalue weighted by molar-refractivity contribution is 5.91. The van der Waals surface area contributed by atoms with Gasteiger partial charge < -0.3 is 30.7 Å². The van der Waals surface area contributed by atoms with Crippen LogP contribution in [0.3, 0.4) is 0 Å². The fraction of sp³-hybridized carbons (Fsp3) is 0.750. The molecule has 1 saturated heterocycles. The molecule has 0 radical (unpaired) electrons. The number of amidine groups is 1. The maximum absolute atomic E-state index is 14.5. The minimum Gasteiger partial charge on any atom is -0.387 e. The van der Waals surface area contributed by atoms with E-state index >= 15 is 0 Å². The number of halogens is 1. The van der Waals surface area contributed by atoms with Gasteiger partial charge in [0.15, 0.2) is 18.0 Å². The molecule has 2 unspecified atom stereocenters. The summed E-state index contributed by atoms with van der Waals surface area (Å²) in [6.45, 7) is 0. The Morgan fingerprint density at radius 1 is 1.45 bits per heavy atom. The molecule has 0 aromatic carbocycles. The Labute approximate surface area is 114 Å². The zero-order valence-electron chi connectivity index (χ0n) is 10.6. The van der Waals surface area contributed by atoms with E-state index in [4.69, 9.17) is 10.5 Å². The largest absolute Gasteiger partial charge is 0.387 e. The number of aliphatic imine (C=N–C) groups is 1. The van der Waals surface area contributed by atoms with E-state index in [0.717, 1.165) is 17.7 Å². The molecule has 2 aliphatic carbocycles. The Balaban J connectivity index is 1.62. The molecular weight excluding hydrogens is 269 g/mol. The molecule has 2 saturated carbocycles. The molecule has 0 aromatic heterocycles. The summed E-state index contributed by atoms with van der Waals surface area (Å²) >= 11 is 0. The number of ether oxygens (including phenoxy) is 1. The molecule has 2 heterocycles. The van der Waals surface area contributed by atoms with Crippen molar-refractivity contribution < 1.29 is 24.4 Å². The van der Waals surface area contributed by atoms with Crippen molar-refractivity contribution in [2.45, 2.75) is 48.9 Å². The first kappa shape index (κ1) is 12.5. The van der Waals surface area contributed by atoms with Crippen LogP contribution in [0, 0.1) is 5.92 Å². The van der Waals surface area contributed by atoms with Crippen molar-refractivity contribution in [2.24, 2.45) is 16.6 Å². The maximum atomic E-state index is 14.5. The number of nitrogens with two attached hydrogens (primary N) is 1.